The molecule has 4 aliphatic rings. The number of carbonyl (C=O) groups excluding carboxylic acids is 3. The minimum absolute atomic E-state index is 0.0158. The van der Waals surface area contributed by atoms with Gasteiger partial charge in [0.15, 0.2) is 0 Å². The summed E-state index contributed by atoms with van der Waals surface area (Å²) < 4.78 is 11.2. The fourth-order valence-electron chi connectivity index (χ4n) is 7.63. The van der Waals surface area contributed by atoms with Crippen molar-refractivity contribution in [1.29, 1.82) is 0 Å². The van der Waals surface area contributed by atoms with Gasteiger partial charge in [-0.25, -0.2) is 14.9 Å². The van der Waals surface area contributed by atoms with Crippen molar-refractivity contribution in [2.45, 2.75) is 97.0 Å². The van der Waals surface area contributed by atoms with Gasteiger partial charge in [-0.15, -0.1) is 6.58 Å². The highest BCUT2D eigenvalue weighted by atomic mass is 16.6. The summed E-state index contributed by atoms with van der Waals surface area (Å²) in [5, 5.41) is 13.7. The molecule has 8 atom stereocenters. The molecule has 2 amide bonds. The fraction of sp³-hybridized carbons (Fsp3) is 0.808. The number of amides is 2. The molecule has 0 saturated heterocycles. The third-order valence-corrected chi connectivity index (χ3v) is 10.2. The van der Waals surface area contributed by atoms with Gasteiger partial charge in [0.2, 0.25) is 0 Å². The lowest BCUT2D eigenvalue weighted by Gasteiger charge is -2.61. The van der Waals surface area contributed by atoms with Gasteiger partial charge in [-0.1, -0.05) is 33.8 Å². The fourth-order valence-corrected chi connectivity index (χ4v) is 7.63. The van der Waals surface area contributed by atoms with E-state index in [9.17, 15) is 19.5 Å². The van der Waals surface area contributed by atoms with Gasteiger partial charge in [-0.3, -0.25) is 4.79 Å². The van der Waals surface area contributed by atoms with Crippen LogP contribution >= 0.6 is 0 Å². The molecule has 4 rings (SSSR count). The molecule has 0 aromatic rings. The standard InChI is InChI=1S/C26H40N2O6/c1-6-24(4)13-19(34-23(32)28-22(31)33-17-11-16(27)12-17)25(5)14(2)7-9-26(15(3)21(24)30)10-8-18(29)20(25)26/h6,14-17,19-21,30H,1,7-13,27H2,2-5H3,(H,28,31,32)/t14-,15?,16?,17?,19-,20+,21?,24-,25+,26+/m1/s1. The molecule has 34 heavy (non-hydrogen) atoms. The maximum absolute atomic E-state index is 13.4. The maximum atomic E-state index is 13.4. The van der Waals surface area contributed by atoms with Crippen molar-refractivity contribution in [2.75, 3.05) is 0 Å². The number of imide groups is 1. The van der Waals surface area contributed by atoms with Crippen molar-refractivity contribution in [2.24, 2.45) is 39.7 Å². The molecule has 0 spiro atoms. The molecular weight excluding hydrogens is 436 g/mol. The summed E-state index contributed by atoms with van der Waals surface area (Å²) in [5.41, 5.74) is 4.02. The molecule has 4 N–H and O–H groups in total. The third-order valence-electron chi connectivity index (χ3n) is 10.2. The smallest absolute Gasteiger partial charge is 0.416 e. The Morgan fingerprint density at radius 3 is 2.44 bits per heavy atom. The lowest BCUT2D eigenvalue weighted by Crippen LogP contribution is -2.63. The van der Waals surface area contributed by atoms with Crippen LogP contribution in [0.3, 0.4) is 0 Å². The normalized spacial score (nSPS) is 47.9. The van der Waals surface area contributed by atoms with Gasteiger partial charge in [0.25, 0.3) is 0 Å². The molecule has 0 radical (unpaired) electrons. The van der Waals surface area contributed by atoms with Gasteiger partial charge in [0.05, 0.1) is 6.10 Å². The molecule has 2 bridgehead atoms. The first-order valence-corrected chi connectivity index (χ1v) is 12.7. The van der Waals surface area contributed by atoms with Gasteiger partial charge < -0.3 is 20.3 Å². The minimum atomic E-state index is -0.900. The number of hydrogen-bond donors (Lipinski definition) is 3. The van der Waals surface area contributed by atoms with Gasteiger partial charge >= 0.3 is 12.2 Å². The summed E-state index contributed by atoms with van der Waals surface area (Å²) >= 11 is 0. The molecule has 0 aliphatic heterocycles. The Kier molecular flexibility index (Phi) is 6.39. The Balaban J connectivity index is 1.64. The van der Waals surface area contributed by atoms with E-state index in [1.807, 2.05) is 6.92 Å². The molecule has 8 nitrogen and oxygen atoms in total. The van der Waals surface area contributed by atoms with Crippen LogP contribution in [0.15, 0.2) is 12.7 Å². The summed E-state index contributed by atoms with van der Waals surface area (Å²) in [6, 6.07) is 0.0158. The number of rotatable bonds is 3. The first kappa shape index (κ1) is 25.2. The molecule has 8 heteroatoms. The number of ketones is 1. The molecule has 190 valence electrons. The Bertz CT molecular complexity index is 871. The van der Waals surface area contributed by atoms with E-state index in [1.54, 1.807) is 6.08 Å². The van der Waals surface area contributed by atoms with Gasteiger partial charge in [-0.05, 0) is 55.8 Å². The maximum Gasteiger partial charge on any atom is 0.416 e. The Morgan fingerprint density at radius 2 is 1.82 bits per heavy atom. The van der Waals surface area contributed by atoms with E-state index in [0.717, 1.165) is 19.3 Å². The van der Waals surface area contributed by atoms with Gasteiger partial charge in [-0.2, -0.15) is 0 Å². The summed E-state index contributed by atoms with van der Waals surface area (Å²) in [4.78, 5) is 38.5. The van der Waals surface area contributed by atoms with Crippen LogP contribution < -0.4 is 11.1 Å². The van der Waals surface area contributed by atoms with Crippen LogP contribution in [0.25, 0.3) is 0 Å². The topological polar surface area (TPSA) is 128 Å². The van der Waals surface area contributed by atoms with Crippen molar-refractivity contribution in [3.63, 3.8) is 0 Å². The van der Waals surface area contributed by atoms with Crippen molar-refractivity contribution in [3.05, 3.63) is 12.7 Å². The zero-order valence-corrected chi connectivity index (χ0v) is 20.8. The molecule has 4 saturated carbocycles. The zero-order chi connectivity index (χ0) is 25.1. The van der Waals surface area contributed by atoms with E-state index >= 15 is 0 Å². The number of nitrogens with two attached hydrogens (primary N) is 1. The summed E-state index contributed by atoms with van der Waals surface area (Å²) in [7, 11) is 0. The van der Waals surface area contributed by atoms with E-state index in [4.69, 9.17) is 15.2 Å². The number of hydrogen-bond acceptors (Lipinski definition) is 7. The van der Waals surface area contributed by atoms with Crippen LogP contribution in [0.4, 0.5) is 9.59 Å². The minimum Gasteiger partial charge on any atom is -0.446 e. The highest BCUT2D eigenvalue weighted by molar-refractivity contribution is 5.88. The third kappa shape index (κ3) is 3.77. The molecule has 0 aromatic carbocycles. The number of alkyl carbamates (subject to hydrolysis) is 2. The molecular formula is C26H40N2O6. The van der Waals surface area contributed by atoms with E-state index in [1.165, 1.54) is 0 Å². The first-order valence-electron chi connectivity index (χ1n) is 12.7. The van der Waals surface area contributed by atoms with E-state index in [-0.39, 0.29) is 41.1 Å². The van der Waals surface area contributed by atoms with E-state index < -0.39 is 35.2 Å². The lowest BCUT2D eigenvalue weighted by atomic mass is 9.44. The summed E-state index contributed by atoms with van der Waals surface area (Å²) in [6.45, 7) is 12.2. The first-order chi connectivity index (χ1) is 15.9. The van der Waals surface area contributed by atoms with Crippen LogP contribution in [0, 0.1) is 34.0 Å². The van der Waals surface area contributed by atoms with Crippen molar-refractivity contribution >= 4 is 18.0 Å². The number of carbonyl (C=O) groups is 3. The number of aliphatic hydroxyl groups is 1. The summed E-state index contributed by atoms with van der Waals surface area (Å²) in [6.07, 6.45) is 2.66. The molecule has 0 heterocycles. The predicted molar refractivity (Wildman–Crippen MR) is 126 cm³/mol. The van der Waals surface area contributed by atoms with Crippen LogP contribution in [0.2, 0.25) is 0 Å². The second-order valence-corrected chi connectivity index (χ2v) is 11.9. The van der Waals surface area contributed by atoms with Crippen LogP contribution in [0.5, 0.6) is 0 Å². The van der Waals surface area contributed by atoms with Crippen molar-refractivity contribution in [3.8, 4) is 0 Å². The molecule has 2 unspecified atom stereocenters. The van der Waals surface area contributed by atoms with E-state index in [2.05, 4.69) is 32.7 Å². The largest absolute Gasteiger partial charge is 0.446 e. The Hall–Kier alpha value is -1.93. The van der Waals surface area contributed by atoms with Crippen LogP contribution in [-0.2, 0) is 14.3 Å². The second-order valence-electron chi connectivity index (χ2n) is 11.9. The van der Waals surface area contributed by atoms with Crippen LogP contribution in [0.1, 0.15) is 72.6 Å². The van der Waals surface area contributed by atoms with Gasteiger partial charge in [0, 0.05) is 29.2 Å². The SMILES string of the molecule is C=C[C@]1(C)C[C@@H](OC(=O)NC(=O)OC2CC(N)C2)[C@]2(C)[C@H](C)CC[C@]3(CCC(=O)[C@H]32)C(C)C1O. The number of nitrogens with one attached hydrogen (secondary N) is 1. The Labute approximate surface area is 202 Å². The van der Waals surface area contributed by atoms with Crippen LogP contribution in [-0.4, -0.2) is 47.4 Å². The highest BCUT2D eigenvalue weighted by Gasteiger charge is 2.68. The zero-order valence-electron chi connectivity index (χ0n) is 20.8. The summed E-state index contributed by atoms with van der Waals surface area (Å²) in [5.74, 6) is -0.114. The number of Topliss-reactive ketones (excluding diaryl/α,β-unsaturated/α-hetero) is 1. The second kappa shape index (κ2) is 8.63. The Morgan fingerprint density at radius 1 is 1.18 bits per heavy atom. The monoisotopic (exact) mass is 476 g/mol. The average Bonchev–Trinajstić information content (AvgIpc) is 3.11. The van der Waals surface area contributed by atoms with Crippen molar-refractivity contribution in [1.82, 2.24) is 5.32 Å². The quantitative estimate of drug-likeness (QED) is 0.530. The van der Waals surface area contributed by atoms with Crippen molar-refractivity contribution < 1.29 is 29.0 Å². The molecule has 4 aliphatic carbocycles. The highest BCUT2D eigenvalue weighted by Crippen LogP contribution is 2.67. The number of ether oxygens (including phenoxy) is 2. The van der Waals surface area contributed by atoms with E-state index in [0.29, 0.717) is 25.7 Å². The number of aliphatic hydroxyl groups excluding tert-OH is 1. The molecule has 0 aromatic heterocycles. The predicted octanol–water partition coefficient (Wildman–Crippen LogP) is 3.70. The lowest BCUT2D eigenvalue weighted by molar-refractivity contribution is -0.191. The average molecular weight is 477 g/mol. The van der Waals surface area contributed by atoms with Gasteiger partial charge in [0.1, 0.15) is 18.0 Å². The molecule has 4 fully saturated rings.